The van der Waals surface area contributed by atoms with E-state index in [1.807, 2.05) is 24.4 Å². The van der Waals surface area contributed by atoms with Crippen LogP contribution in [0, 0.1) is 0 Å². The van der Waals surface area contributed by atoms with Crippen molar-refractivity contribution in [2.24, 2.45) is 0 Å². The largest absolute Gasteiger partial charge is 0.381 e. The zero-order chi connectivity index (χ0) is 9.10. The molecule has 68 valence electrons. The fraction of sp³-hybridized carbons (Fsp3) is 0.200. The van der Waals surface area contributed by atoms with Crippen molar-refractivity contribution in [3.05, 3.63) is 36.0 Å². The SMILES string of the molecule is OCNCc1c[nH]c2ccccc12. The molecular formula is C10H12N2O. The molecule has 0 radical (unpaired) electrons. The number of aromatic amines is 1. The van der Waals surface area contributed by atoms with Crippen LogP contribution in [0.5, 0.6) is 0 Å². The lowest BCUT2D eigenvalue weighted by atomic mass is 10.2. The number of benzene rings is 1. The lowest BCUT2D eigenvalue weighted by molar-refractivity contribution is 0.259. The number of hydrogen-bond acceptors (Lipinski definition) is 2. The van der Waals surface area contributed by atoms with E-state index in [9.17, 15) is 0 Å². The summed E-state index contributed by atoms with van der Waals surface area (Å²) in [5.41, 5.74) is 2.32. The Morgan fingerprint density at radius 1 is 1.31 bits per heavy atom. The monoisotopic (exact) mass is 176 g/mol. The molecule has 0 aliphatic rings. The Bertz CT molecular complexity index is 394. The second kappa shape index (κ2) is 3.60. The van der Waals surface area contributed by atoms with E-state index in [0.717, 1.165) is 5.52 Å². The summed E-state index contributed by atoms with van der Waals surface area (Å²) in [7, 11) is 0. The first kappa shape index (κ1) is 8.29. The van der Waals surface area contributed by atoms with Crippen molar-refractivity contribution >= 4 is 10.9 Å². The summed E-state index contributed by atoms with van der Waals surface area (Å²) >= 11 is 0. The van der Waals surface area contributed by atoms with Gasteiger partial charge >= 0.3 is 0 Å². The number of fused-ring (bicyclic) bond motifs is 1. The molecule has 0 fully saturated rings. The third-order valence-corrected chi connectivity index (χ3v) is 2.10. The molecule has 0 atom stereocenters. The molecule has 1 aromatic heterocycles. The highest BCUT2D eigenvalue weighted by atomic mass is 16.3. The van der Waals surface area contributed by atoms with Crippen molar-refractivity contribution in [3.63, 3.8) is 0 Å². The molecule has 1 aromatic carbocycles. The van der Waals surface area contributed by atoms with Crippen LogP contribution in [0.4, 0.5) is 0 Å². The van der Waals surface area contributed by atoms with Crippen LogP contribution in [0.15, 0.2) is 30.5 Å². The van der Waals surface area contributed by atoms with Gasteiger partial charge in [-0.3, -0.25) is 5.32 Å². The first-order valence-electron chi connectivity index (χ1n) is 4.28. The van der Waals surface area contributed by atoms with Crippen LogP contribution in [0.3, 0.4) is 0 Å². The highest BCUT2D eigenvalue weighted by Gasteiger charge is 2.00. The summed E-state index contributed by atoms with van der Waals surface area (Å²) in [5.74, 6) is 0. The van der Waals surface area contributed by atoms with Gasteiger partial charge in [0.15, 0.2) is 0 Å². The number of H-pyrrole nitrogens is 1. The highest BCUT2D eigenvalue weighted by molar-refractivity contribution is 5.82. The van der Waals surface area contributed by atoms with Gasteiger partial charge in [-0.2, -0.15) is 0 Å². The maximum Gasteiger partial charge on any atom is 0.0934 e. The molecule has 0 aliphatic carbocycles. The molecule has 0 spiro atoms. The Balaban J connectivity index is 2.35. The maximum absolute atomic E-state index is 8.62. The van der Waals surface area contributed by atoms with E-state index in [1.54, 1.807) is 0 Å². The van der Waals surface area contributed by atoms with Gasteiger partial charge in [0.2, 0.25) is 0 Å². The van der Waals surface area contributed by atoms with Gasteiger partial charge in [-0.15, -0.1) is 0 Å². The van der Waals surface area contributed by atoms with E-state index in [-0.39, 0.29) is 6.73 Å². The highest BCUT2D eigenvalue weighted by Crippen LogP contribution is 2.16. The van der Waals surface area contributed by atoms with Crippen LogP contribution < -0.4 is 5.32 Å². The quantitative estimate of drug-likeness (QED) is 0.615. The predicted octanol–water partition coefficient (Wildman–Crippen LogP) is 1.21. The van der Waals surface area contributed by atoms with E-state index in [0.29, 0.717) is 6.54 Å². The van der Waals surface area contributed by atoms with E-state index < -0.39 is 0 Å². The average molecular weight is 176 g/mol. The Morgan fingerprint density at radius 2 is 2.15 bits per heavy atom. The normalized spacial score (nSPS) is 10.8. The molecule has 3 heteroatoms. The number of aliphatic hydroxyl groups excluding tert-OH is 1. The fourth-order valence-electron chi connectivity index (χ4n) is 1.47. The van der Waals surface area contributed by atoms with Crippen LogP contribution in [0.25, 0.3) is 10.9 Å². The number of hydrogen-bond donors (Lipinski definition) is 3. The molecule has 0 bridgehead atoms. The van der Waals surface area contributed by atoms with Gasteiger partial charge in [-0.1, -0.05) is 18.2 Å². The lowest BCUT2D eigenvalue weighted by Crippen LogP contribution is -2.13. The van der Waals surface area contributed by atoms with Crippen LogP contribution in [-0.4, -0.2) is 16.8 Å². The van der Waals surface area contributed by atoms with Gasteiger partial charge in [-0.05, 0) is 11.6 Å². The zero-order valence-corrected chi connectivity index (χ0v) is 7.25. The van der Waals surface area contributed by atoms with Crippen molar-refractivity contribution in [1.82, 2.24) is 10.3 Å². The molecule has 2 rings (SSSR count). The van der Waals surface area contributed by atoms with Gasteiger partial charge in [0.25, 0.3) is 0 Å². The van der Waals surface area contributed by atoms with E-state index in [4.69, 9.17) is 5.11 Å². The first-order chi connectivity index (χ1) is 6.42. The second-order valence-electron chi connectivity index (χ2n) is 2.94. The topological polar surface area (TPSA) is 48.0 Å². The van der Waals surface area contributed by atoms with Crippen LogP contribution >= 0.6 is 0 Å². The Hall–Kier alpha value is -1.32. The van der Waals surface area contributed by atoms with Gasteiger partial charge in [0, 0.05) is 23.6 Å². The zero-order valence-electron chi connectivity index (χ0n) is 7.25. The number of para-hydroxylation sites is 1. The maximum atomic E-state index is 8.62. The molecule has 3 nitrogen and oxygen atoms in total. The van der Waals surface area contributed by atoms with Crippen LogP contribution in [0.2, 0.25) is 0 Å². The summed E-state index contributed by atoms with van der Waals surface area (Å²) in [6, 6.07) is 8.12. The molecule has 2 aromatic rings. The van der Waals surface area contributed by atoms with Gasteiger partial charge in [-0.25, -0.2) is 0 Å². The molecular weight excluding hydrogens is 164 g/mol. The Labute approximate surface area is 76.4 Å². The summed E-state index contributed by atoms with van der Waals surface area (Å²) in [6.45, 7) is 0.708. The lowest BCUT2D eigenvalue weighted by Gasteiger charge is -1.98. The van der Waals surface area contributed by atoms with Crippen molar-refractivity contribution in [2.45, 2.75) is 6.54 Å². The standard InChI is InChI=1S/C10H12N2O/c13-7-11-5-8-6-12-10-4-2-1-3-9(8)10/h1-4,6,11-13H,5,7H2. The summed E-state index contributed by atoms with van der Waals surface area (Å²) in [4.78, 5) is 3.18. The van der Waals surface area contributed by atoms with Crippen molar-refractivity contribution in [3.8, 4) is 0 Å². The van der Waals surface area contributed by atoms with E-state index >= 15 is 0 Å². The van der Waals surface area contributed by atoms with Crippen molar-refractivity contribution in [2.75, 3.05) is 6.73 Å². The van der Waals surface area contributed by atoms with Gasteiger partial charge in [0.1, 0.15) is 0 Å². The smallest absolute Gasteiger partial charge is 0.0934 e. The third-order valence-electron chi connectivity index (χ3n) is 2.10. The molecule has 0 unspecified atom stereocenters. The number of aliphatic hydroxyl groups is 1. The number of nitrogens with one attached hydrogen (secondary N) is 2. The van der Waals surface area contributed by atoms with Crippen LogP contribution in [0.1, 0.15) is 5.56 Å². The predicted molar refractivity (Wildman–Crippen MR) is 52.2 cm³/mol. The first-order valence-corrected chi connectivity index (χ1v) is 4.28. The van der Waals surface area contributed by atoms with E-state index in [2.05, 4.69) is 16.4 Å². The molecule has 0 saturated carbocycles. The Kier molecular flexibility index (Phi) is 2.29. The molecule has 0 amide bonds. The van der Waals surface area contributed by atoms with Gasteiger partial charge in [0.05, 0.1) is 6.73 Å². The molecule has 13 heavy (non-hydrogen) atoms. The molecule has 0 saturated heterocycles. The number of rotatable bonds is 3. The molecule has 3 N–H and O–H groups in total. The second-order valence-corrected chi connectivity index (χ2v) is 2.94. The summed E-state index contributed by atoms with van der Waals surface area (Å²) in [6.07, 6.45) is 1.97. The van der Waals surface area contributed by atoms with E-state index in [1.165, 1.54) is 10.9 Å². The molecule has 1 heterocycles. The van der Waals surface area contributed by atoms with Gasteiger partial charge < -0.3 is 10.1 Å². The third kappa shape index (κ3) is 1.56. The summed E-state index contributed by atoms with van der Waals surface area (Å²) in [5, 5.41) is 12.7. The Morgan fingerprint density at radius 3 is 3.00 bits per heavy atom. The number of aromatic nitrogens is 1. The van der Waals surface area contributed by atoms with Crippen molar-refractivity contribution in [1.29, 1.82) is 0 Å². The minimum absolute atomic E-state index is 0.0134. The van der Waals surface area contributed by atoms with Crippen LogP contribution in [-0.2, 0) is 6.54 Å². The van der Waals surface area contributed by atoms with Crippen molar-refractivity contribution < 1.29 is 5.11 Å². The minimum Gasteiger partial charge on any atom is -0.381 e. The summed E-state index contributed by atoms with van der Waals surface area (Å²) < 4.78 is 0. The minimum atomic E-state index is 0.0134. The fourth-order valence-corrected chi connectivity index (χ4v) is 1.47. The molecule has 0 aliphatic heterocycles. The average Bonchev–Trinajstić information content (AvgIpc) is 2.58.